The van der Waals surface area contributed by atoms with E-state index in [9.17, 15) is 5.26 Å². The zero-order chi connectivity index (χ0) is 22.1. The summed E-state index contributed by atoms with van der Waals surface area (Å²) in [4.78, 5) is 13.5. The minimum atomic E-state index is 0.323. The van der Waals surface area contributed by atoms with Gasteiger partial charge in [-0.25, -0.2) is 15.0 Å². The van der Waals surface area contributed by atoms with Gasteiger partial charge < -0.3 is 4.74 Å². The van der Waals surface area contributed by atoms with Crippen molar-refractivity contribution in [2.24, 2.45) is 5.10 Å². The van der Waals surface area contributed by atoms with Gasteiger partial charge in [-0.15, -0.1) is 0 Å². The lowest BCUT2D eigenvalue weighted by Crippen LogP contribution is -2.04. The molecule has 0 unspecified atom stereocenters. The molecular formula is C22H21BrN6OS. The molecule has 7 nitrogen and oxygen atoms in total. The maximum atomic E-state index is 9.85. The molecule has 3 rings (SSSR count). The number of nitrogens with one attached hydrogen (secondary N) is 1. The van der Waals surface area contributed by atoms with Crippen LogP contribution in [-0.4, -0.2) is 34.0 Å². The van der Waals surface area contributed by atoms with E-state index in [4.69, 9.17) is 4.74 Å². The van der Waals surface area contributed by atoms with Crippen LogP contribution in [0.25, 0.3) is 11.3 Å². The Morgan fingerprint density at radius 2 is 2.00 bits per heavy atom. The van der Waals surface area contributed by atoms with Crippen molar-refractivity contribution in [1.29, 1.82) is 5.26 Å². The number of hydrogen-bond donors (Lipinski definition) is 1. The standard InChI is InChI=1S/C22H21BrN6OS/c1-3-4-12-31-22-27-20(15-8-10-17(30-2)11-9-15)18(13-24)21(28-22)29-25-14-16-6-5-7-19(23)26-16/h5-11,14H,3-4,12H2,1-2H3,(H,27,28,29)/b25-14+. The first-order valence-corrected chi connectivity index (χ1v) is 11.4. The van der Waals surface area contributed by atoms with Crippen LogP contribution in [-0.2, 0) is 0 Å². The second-order valence-electron chi connectivity index (χ2n) is 6.38. The molecule has 0 bridgehead atoms. The third-order valence-electron chi connectivity index (χ3n) is 4.20. The molecule has 2 aromatic heterocycles. The van der Waals surface area contributed by atoms with Gasteiger partial charge in [-0.3, -0.25) is 5.43 Å². The van der Waals surface area contributed by atoms with Crippen molar-refractivity contribution in [3.63, 3.8) is 0 Å². The zero-order valence-corrected chi connectivity index (χ0v) is 19.6. The lowest BCUT2D eigenvalue weighted by Gasteiger charge is -2.11. The maximum Gasteiger partial charge on any atom is 0.190 e. The predicted molar refractivity (Wildman–Crippen MR) is 128 cm³/mol. The molecule has 1 N–H and O–H groups in total. The van der Waals surface area contributed by atoms with Crippen LogP contribution in [0.4, 0.5) is 5.82 Å². The molecule has 0 amide bonds. The van der Waals surface area contributed by atoms with Crippen LogP contribution < -0.4 is 10.2 Å². The highest BCUT2D eigenvalue weighted by molar-refractivity contribution is 9.10. The van der Waals surface area contributed by atoms with Crippen molar-refractivity contribution in [3.05, 3.63) is 58.3 Å². The number of thioether (sulfide) groups is 1. The van der Waals surface area contributed by atoms with E-state index in [2.05, 4.69) is 54.4 Å². The van der Waals surface area contributed by atoms with E-state index >= 15 is 0 Å². The summed E-state index contributed by atoms with van der Waals surface area (Å²) < 4.78 is 5.95. The smallest absolute Gasteiger partial charge is 0.190 e. The molecule has 31 heavy (non-hydrogen) atoms. The summed E-state index contributed by atoms with van der Waals surface area (Å²) in [6, 6.07) is 15.2. The molecule has 1 aromatic carbocycles. The number of ether oxygens (including phenoxy) is 1. The fourth-order valence-electron chi connectivity index (χ4n) is 2.61. The van der Waals surface area contributed by atoms with Gasteiger partial charge in [0.2, 0.25) is 0 Å². The summed E-state index contributed by atoms with van der Waals surface area (Å²) in [5, 5.41) is 14.7. The van der Waals surface area contributed by atoms with Gasteiger partial charge >= 0.3 is 0 Å². The molecule has 0 spiro atoms. The van der Waals surface area contributed by atoms with Crippen LogP contribution in [0.3, 0.4) is 0 Å². The summed E-state index contributed by atoms with van der Waals surface area (Å²) >= 11 is 4.90. The van der Waals surface area contributed by atoms with Gasteiger partial charge in [0.15, 0.2) is 11.0 Å². The summed E-state index contributed by atoms with van der Waals surface area (Å²) in [5.41, 5.74) is 5.25. The Kier molecular flexibility index (Phi) is 8.38. The molecular weight excluding hydrogens is 476 g/mol. The monoisotopic (exact) mass is 496 g/mol. The van der Waals surface area contributed by atoms with Gasteiger partial charge in [-0.1, -0.05) is 31.2 Å². The molecule has 0 fully saturated rings. The Labute approximate surface area is 194 Å². The lowest BCUT2D eigenvalue weighted by molar-refractivity contribution is 0.415. The number of unbranched alkanes of at least 4 members (excludes halogenated alkanes) is 1. The quantitative estimate of drug-likeness (QED) is 0.104. The Morgan fingerprint density at radius 1 is 1.19 bits per heavy atom. The van der Waals surface area contributed by atoms with Gasteiger partial charge in [0.25, 0.3) is 0 Å². The largest absolute Gasteiger partial charge is 0.497 e. The minimum absolute atomic E-state index is 0.323. The fraction of sp³-hybridized carbons (Fsp3) is 0.227. The number of nitriles is 1. The van der Waals surface area contributed by atoms with E-state index in [0.29, 0.717) is 32.5 Å². The van der Waals surface area contributed by atoms with E-state index in [0.717, 1.165) is 29.9 Å². The van der Waals surface area contributed by atoms with Crippen LogP contribution >= 0.6 is 27.7 Å². The average molecular weight is 497 g/mol. The van der Waals surface area contributed by atoms with E-state index in [1.165, 1.54) is 0 Å². The predicted octanol–water partition coefficient (Wildman–Crippen LogP) is 5.52. The third-order valence-corrected chi connectivity index (χ3v) is 5.57. The number of hydrazone groups is 1. The van der Waals surface area contributed by atoms with E-state index in [1.807, 2.05) is 42.5 Å². The molecule has 0 saturated heterocycles. The molecule has 0 aliphatic heterocycles. The SMILES string of the molecule is CCCCSc1nc(N/N=C/c2cccc(Br)n2)c(C#N)c(-c2ccc(OC)cc2)n1. The molecule has 2 heterocycles. The average Bonchev–Trinajstić information content (AvgIpc) is 2.79. The van der Waals surface area contributed by atoms with Gasteiger partial charge in [0, 0.05) is 11.3 Å². The highest BCUT2D eigenvalue weighted by Gasteiger charge is 2.16. The highest BCUT2D eigenvalue weighted by atomic mass is 79.9. The second-order valence-corrected chi connectivity index (χ2v) is 8.25. The Balaban J connectivity index is 1.96. The summed E-state index contributed by atoms with van der Waals surface area (Å²) in [6.07, 6.45) is 3.72. The summed E-state index contributed by atoms with van der Waals surface area (Å²) in [7, 11) is 1.61. The van der Waals surface area contributed by atoms with Gasteiger partial charge in [-0.2, -0.15) is 10.4 Å². The molecule has 0 atom stereocenters. The first-order valence-electron chi connectivity index (χ1n) is 9.65. The number of methoxy groups -OCH3 is 1. The topological polar surface area (TPSA) is 96.1 Å². The lowest BCUT2D eigenvalue weighted by atomic mass is 10.1. The van der Waals surface area contributed by atoms with Crippen LogP contribution in [0.15, 0.2) is 57.3 Å². The van der Waals surface area contributed by atoms with Gasteiger partial charge in [0.05, 0.1) is 24.7 Å². The van der Waals surface area contributed by atoms with Crippen molar-refractivity contribution >= 4 is 39.7 Å². The van der Waals surface area contributed by atoms with Crippen LogP contribution in [0.2, 0.25) is 0 Å². The van der Waals surface area contributed by atoms with Crippen molar-refractivity contribution in [1.82, 2.24) is 15.0 Å². The number of aromatic nitrogens is 3. The number of hydrogen-bond acceptors (Lipinski definition) is 8. The van der Waals surface area contributed by atoms with Crippen LogP contribution in [0.1, 0.15) is 31.0 Å². The highest BCUT2D eigenvalue weighted by Crippen LogP contribution is 2.30. The van der Waals surface area contributed by atoms with Crippen molar-refractivity contribution < 1.29 is 4.74 Å². The molecule has 9 heteroatoms. The number of pyridine rings is 1. The maximum absolute atomic E-state index is 9.85. The van der Waals surface area contributed by atoms with Gasteiger partial charge in [-0.05, 0) is 58.7 Å². The molecule has 0 aliphatic carbocycles. The number of anilines is 1. The Hall–Kier alpha value is -2.96. The van der Waals surface area contributed by atoms with Crippen molar-refractivity contribution in [2.45, 2.75) is 24.9 Å². The van der Waals surface area contributed by atoms with E-state index in [-0.39, 0.29) is 0 Å². The molecule has 158 valence electrons. The van der Waals surface area contributed by atoms with Crippen LogP contribution in [0, 0.1) is 11.3 Å². The van der Waals surface area contributed by atoms with Gasteiger partial charge in [0.1, 0.15) is 22.0 Å². The summed E-state index contributed by atoms with van der Waals surface area (Å²) in [6.45, 7) is 2.14. The van der Waals surface area contributed by atoms with E-state index < -0.39 is 0 Å². The molecule has 3 aromatic rings. The van der Waals surface area contributed by atoms with Crippen LogP contribution in [0.5, 0.6) is 5.75 Å². The normalized spacial score (nSPS) is 10.8. The number of rotatable bonds is 9. The minimum Gasteiger partial charge on any atom is -0.497 e. The van der Waals surface area contributed by atoms with E-state index in [1.54, 1.807) is 25.1 Å². The Morgan fingerprint density at radius 3 is 2.68 bits per heavy atom. The number of halogens is 1. The third kappa shape index (κ3) is 6.26. The fourth-order valence-corrected chi connectivity index (χ4v) is 3.90. The zero-order valence-electron chi connectivity index (χ0n) is 17.2. The molecule has 0 radical (unpaired) electrons. The molecule has 0 aliphatic rings. The number of benzene rings is 1. The summed E-state index contributed by atoms with van der Waals surface area (Å²) in [5.74, 6) is 1.99. The van der Waals surface area contributed by atoms with Crippen molar-refractivity contribution in [2.75, 3.05) is 18.3 Å². The first-order chi connectivity index (χ1) is 15.1. The first kappa shape index (κ1) is 22.7. The second kappa shape index (κ2) is 11.4. The van der Waals surface area contributed by atoms with Crippen molar-refractivity contribution in [3.8, 4) is 23.1 Å². The molecule has 0 saturated carbocycles. The Bertz CT molecular complexity index is 1100. The number of nitrogens with zero attached hydrogens (tertiary/aromatic N) is 5.